The van der Waals surface area contributed by atoms with E-state index in [-0.39, 0.29) is 22.9 Å². The maximum atomic E-state index is 14.3. The molecule has 0 bridgehead atoms. The van der Waals surface area contributed by atoms with Crippen molar-refractivity contribution in [2.45, 2.75) is 45.9 Å². The number of ether oxygens (including phenoxy) is 2. The molecule has 134 valence electrons. The summed E-state index contributed by atoms with van der Waals surface area (Å²) in [5.74, 6) is -0.182. The second kappa shape index (κ2) is 7.39. The van der Waals surface area contributed by atoms with E-state index in [4.69, 9.17) is 33.3 Å². The molecule has 0 saturated heterocycles. The van der Waals surface area contributed by atoms with Gasteiger partial charge in [0.25, 0.3) is 0 Å². The van der Waals surface area contributed by atoms with Crippen molar-refractivity contribution in [1.82, 2.24) is 8.94 Å². The van der Waals surface area contributed by atoms with Crippen LogP contribution in [-0.2, 0) is 6.54 Å². The molecule has 0 aliphatic carbocycles. The summed E-state index contributed by atoms with van der Waals surface area (Å²) >= 11 is 12.5. The van der Waals surface area contributed by atoms with Crippen molar-refractivity contribution >= 4 is 45.9 Å². The normalized spacial score (nSPS) is 18.0. The molecule has 0 N–H and O–H groups in total. The van der Waals surface area contributed by atoms with Gasteiger partial charge in [0.05, 0.1) is 11.6 Å². The van der Waals surface area contributed by atoms with E-state index < -0.39 is 5.82 Å². The Bertz CT molecular complexity index is 881. The topological polar surface area (TPSA) is 48.6 Å². The number of benzene rings is 1. The van der Waals surface area contributed by atoms with Crippen LogP contribution in [0.2, 0.25) is 5.02 Å². The van der Waals surface area contributed by atoms with E-state index in [1.807, 2.05) is 25.3 Å². The summed E-state index contributed by atoms with van der Waals surface area (Å²) in [6.45, 7) is 6.37. The quantitative estimate of drug-likeness (QED) is 0.701. The molecule has 0 fully saturated rings. The Labute approximate surface area is 159 Å². The van der Waals surface area contributed by atoms with Crippen LogP contribution in [0.4, 0.5) is 10.1 Å². The molecule has 1 aliphatic heterocycles. The zero-order valence-corrected chi connectivity index (χ0v) is 16.3. The summed E-state index contributed by atoms with van der Waals surface area (Å²) < 4.78 is 31.6. The maximum absolute atomic E-state index is 14.3. The van der Waals surface area contributed by atoms with Crippen LogP contribution in [0.3, 0.4) is 0 Å². The third kappa shape index (κ3) is 3.86. The minimum Gasteiger partial charge on any atom is -0.484 e. The molecular formula is C16H17ClFN3O2S2. The van der Waals surface area contributed by atoms with Crippen molar-refractivity contribution in [1.29, 1.82) is 0 Å². The summed E-state index contributed by atoms with van der Waals surface area (Å²) in [4.78, 5) is 5.70. The van der Waals surface area contributed by atoms with Gasteiger partial charge in [-0.05, 0) is 26.3 Å². The van der Waals surface area contributed by atoms with Crippen molar-refractivity contribution in [3.05, 3.63) is 27.8 Å². The molecule has 0 radical (unpaired) electrons. The summed E-state index contributed by atoms with van der Waals surface area (Å²) in [5.41, 5.74) is 0.132. The van der Waals surface area contributed by atoms with E-state index in [9.17, 15) is 4.39 Å². The lowest BCUT2D eigenvalue weighted by Gasteiger charge is -2.16. The molecule has 2 aromatic rings. The molecule has 1 aromatic heterocycles. The fraction of sp³-hybridized carbons (Fsp3) is 0.438. The maximum Gasteiger partial charge on any atom is 0.310 e. The highest BCUT2D eigenvalue weighted by Gasteiger charge is 2.22. The molecule has 0 amide bonds. The van der Waals surface area contributed by atoms with Gasteiger partial charge in [-0.25, -0.2) is 9.38 Å². The molecule has 2 atom stereocenters. The average molecular weight is 402 g/mol. The van der Waals surface area contributed by atoms with Gasteiger partial charge in [0.2, 0.25) is 4.80 Å². The number of hydrogen-bond donors (Lipinski definition) is 0. The first-order valence-electron chi connectivity index (χ1n) is 7.85. The minimum absolute atomic E-state index is 0.0229. The number of fused-ring (bicyclic) bond motifs is 1. The van der Waals surface area contributed by atoms with Crippen LogP contribution in [0.15, 0.2) is 17.1 Å². The van der Waals surface area contributed by atoms with Gasteiger partial charge >= 0.3 is 6.01 Å². The first kappa shape index (κ1) is 18.3. The van der Waals surface area contributed by atoms with E-state index >= 15 is 0 Å². The van der Waals surface area contributed by atoms with Gasteiger partial charge in [0, 0.05) is 22.5 Å². The van der Waals surface area contributed by atoms with Crippen molar-refractivity contribution in [3.8, 4) is 11.8 Å². The van der Waals surface area contributed by atoms with Crippen molar-refractivity contribution in [2.75, 3.05) is 0 Å². The molecular weight excluding hydrogens is 385 g/mol. The van der Waals surface area contributed by atoms with Crippen LogP contribution in [0.1, 0.15) is 27.2 Å². The lowest BCUT2D eigenvalue weighted by atomic mass is 10.2. The van der Waals surface area contributed by atoms with Crippen LogP contribution >= 0.6 is 35.4 Å². The van der Waals surface area contributed by atoms with Gasteiger partial charge in [-0.2, -0.15) is 0 Å². The Kier molecular flexibility index (Phi) is 5.41. The van der Waals surface area contributed by atoms with E-state index in [1.54, 1.807) is 0 Å². The number of halogens is 2. The smallest absolute Gasteiger partial charge is 0.310 e. The van der Waals surface area contributed by atoms with E-state index in [2.05, 4.69) is 9.37 Å². The van der Waals surface area contributed by atoms with Crippen molar-refractivity contribution < 1.29 is 13.9 Å². The Balaban J connectivity index is 1.96. The molecule has 1 aromatic carbocycles. The van der Waals surface area contributed by atoms with Gasteiger partial charge < -0.3 is 9.47 Å². The minimum atomic E-state index is -0.530. The van der Waals surface area contributed by atoms with Crippen LogP contribution in [0, 0.1) is 5.82 Å². The Morgan fingerprint density at radius 1 is 1.64 bits per heavy atom. The number of hydrogen-bond acceptors (Lipinski definition) is 6. The van der Waals surface area contributed by atoms with Crippen LogP contribution < -0.4 is 14.3 Å². The van der Waals surface area contributed by atoms with Crippen LogP contribution in [-0.4, -0.2) is 26.0 Å². The number of rotatable bonds is 5. The summed E-state index contributed by atoms with van der Waals surface area (Å²) in [6.07, 6.45) is 0.441. The van der Waals surface area contributed by atoms with Gasteiger partial charge in [-0.3, -0.25) is 4.57 Å². The molecule has 2 heterocycles. The van der Waals surface area contributed by atoms with Crippen molar-refractivity contribution in [2.24, 2.45) is 4.99 Å². The van der Waals surface area contributed by atoms with Crippen molar-refractivity contribution in [3.63, 3.8) is 0 Å². The van der Waals surface area contributed by atoms with Crippen LogP contribution in [0.25, 0.3) is 0 Å². The van der Waals surface area contributed by atoms with Crippen LogP contribution in [0.5, 0.6) is 11.8 Å². The summed E-state index contributed by atoms with van der Waals surface area (Å²) in [6, 6.07) is 3.19. The Morgan fingerprint density at radius 3 is 3.12 bits per heavy atom. The standard InChI is InChI=1S/C16H17ClFN3O2S2/c1-4-14(24)9(3)23-13-6-12(11(18)5-10(13)17)19-16-21-7-8(2)22-15(21)20-25-16/h5-6,8-9H,4,7H2,1-3H3/b19-16-. The fourth-order valence-electron chi connectivity index (χ4n) is 2.40. The first-order chi connectivity index (χ1) is 11.9. The van der Waals surface area contributed by atoms with Gasteiger partial charge in [0.1, 0.15) is 23.6 Å². The van der Waals surface area contributed by atoms with E-state index in [1.165, 1.54) is 12.1 Å². The van der Waals surface area contributed by atoms with Gasteiger partial charge in [0.15, 0.2) is 5.82 Å². The lowest BCUT2D eigenvalue weighted by Crippen LogP contribution is -2.21. The number of thiocarbonyl (C=S) groups is 1. The highest BCUT2D eigenvalue weighted by Crippen LogP contribution is 2.33. The third-order valence-electron chi connectivity index (χ3n) is 3.74. The summed E-state index contributed by atoms with van der Waals surface area (Å²) in [5, 5.41) is 0.182. The molecule has 0 saturated carbocycles. The lowest BCUT2D eigenvalue weighted by molar-refractivity contribution is 0.247. The largest absolute Gasteiger partial charge is 0.484 e. The third-order valence-corrected chi connectivity index (χ3v) is 5.37. The first-order valence-corrected chi connectivity index (χ1v) is 9.41. The Hall–Kier alpha value is -1.51. The molecule has 3 rings (SSSR count). The van der Waals surface area contributed by atoms with E-state index in [0.29, 0.717) is 29.5 Å². The monoisotopic (exact) mass is 401 g/mol. The molecule has 9 heteroatoms. The fourth-order valence-corrected chi connectivity index (χ4v) is 3.33. The summed E-state index contributed by atoms with van der Waals surface area (Å²) in [7, 11) is 0. The highest BCUT2D eigenvalue weighted by atomic mass is 35.5. The van der Waals surface area contributed by atoms with Gasteiger partial charge in [-0.1, -0.05) is 30.7 Å². The second-order valence-corrected chi connectivity index (χ2v) is 7.37. The predicted molar refractivity (Wildman–Crippen MR) is 99.8 cm³/mol. The van der Waals surface area contributed by atoms with E-state index in [0.717, 1.165) is 16.4 Å². The molecule has 5 nitrogen and oxygen atoms in total. The SMILES string of the molecule is CCC(=S)C(C)Oc1cc(/N=c2\snc3n2CC(C)O3)c(F)cc1Cl. The molecule has 1 aliphatic rings. The Morgan fingerprint density at radius 2 is 2.40 bits per heavy atom. The molecule has 25 heavy (non-hydrogen) atoms. The number of nitrogens with zero attached hydrogens (tertiary/aromatic N) is 3. The zero-order chi connectivity index (χ0) is 18.1. The predicted octanol–water partition coefficient (Wildman–Crippen LogP) is 4.30. The molecule has 2 unspecified atom stereocenters. The second-order valence-electron chi connectivity index (χ2n) is 5.71. The number of aromatic nitrogens is 2. The van der Waals surface area contributed by atoms with Gasteiger partial charge in [-0.15, -0.1) is 4.37 Å². The molecule has 0 spiro atoms. The zero-order valence-electron chi connectivity index (χ0n) is 14.0. The highest BCUT2D eigenvalue weighted by molar-refractivity contribution is 7.80. The average Bonchev–Trinajstić information content (AvgIpc) is 3.11.